The first kappa shape index (κ1) is 14.3. The standard InChI is InChI=1S/C14H17N3O2S/c1-8-7-20-13(16-8)9(2)17-12-5-4-10(15)6-11(12)14(18)19-3/h4-7,9,17H,15H2,1-3H3. The number of carbonyl (C=O) groups is 1. The molecule has 6 heteroatoms. The maximum atomic E-state index is 11.8. The van der Waals surface area contributed by atoms with Crippen LogP contribution in [0.3, 0.4) is 0 Å². The van der Waals surface area contributed by atoms with Gasteiger partial charge in [0, 0.05) is 22.4 Å². The lowest BCUT2D eigenvalue weighted by Gasteiger charge is -2.16. The van der Waals surface area contributed by atoms with Crippen molar-refractivity contribution in [3.63, 3.8) is 0 Å². The van der Waals surface area contributed by atoms with Crippen LogP contribution in [0.25, 0.3) is 0 Å². The molecular formula is C14H17N3O2S. The molecule has 3 N–H and O–H groups in total. The average Bonchev–Trinajstić information content (AvgIpc) is 2.86. The number of carbonyl (C=O) groups excluding carboxylic acids is 1. The second-order valence-electron chi connectivity index (χ2n) is 4.49. The van der Waals surface area contributed by atoms with Crippen molar-refractivity contribution in [1.82, 2.24) is 4.98 Å². The molecule has 0 aliphatic rings. The number of nitrogen functional groups attached to an aromatic ring is 1. The van der Waals surface area contributed by atoms with Gasteiger partial charge in [0.25, 0.3) is 0 Å². The monoisotopic (exact) mass is 291 g/mol. The Morgan fingerprint density at radius 3 is 2.85 bits per heavy atom. The fourth-order valence-corrected chi connectivity index (χ4v) is 2.64. The molecule has 2 rings (SSSR count). The molecule has 5 nitrogen and oxygen atoms in total. The minimum Gasteiger partial charge on any atom is -0.465 e. The largest absolute Gasteiger partial charge is 0.465 e. The van der Waals surface area contributed by atoms with E-state index < -0.39 is 5.97 Å². The van der Waals surface area contributed by atoms with Crippen LogP contribution in [0.5, 0.6) is 0 Å². The number of aromatic nitrogens is 1. The molecule has 0 aliphatic carbocycles. The Bertz CT molecular complexity index is 625. The summed E-state index contributed by atoms with van der Waals surface area (Å²) < 4.78 is 4.78. The van der Waals surface area contributed by atoms with E-state index in [1.165, 1.54) is 7.11 Å². The van der Waals surface area contributed by atoms with Gasteiger partial charge in [-0.25, -0.2) is 9.78 Å². The van der Waals surface area contributed by atoms with Gasteiger partial charge in [-0.15, -0.1) is 11.3 Å². The maximum Gasteiger partial charge on any atom is 0.340 e. The third-order valence-electron chi connectivity index (χ3n) is 2.83. The van der Waals surface area contributed by atoms with Gasteiger partial charge in [-0.2, -0.15) is 0 Å². The van der Waals surface area contributed by atoms with Crippen LogP contribution in [0.1, 0.15) is 34.0 Å². The van der Waals surface area contributed by atoms with Crippen molar-refractivity contribution in [3.8, 4) is 0 Å². The van der Waals surface area contributed by atoms with Crippen LogP contribution in [-0.2, 0) is 4.74 Å². The van der Waals surface area contributed by atoms with Crippen LogP contribution in [-0.4, -0.2) is 18.1 Å². The molecule has 1 unspecified atom stereocenters. The Labute approximate surface area is 121 Å². The summed E-state index contributed by atoms with van der Waals surface area (Å²) in [4.78, 5) is 16.2. The smallest absolute Gasteiger partial charge is 0.340 e. The van der Waals surface area contributed by atoms with Crippen molar-refractivity contribution in [2.24, 2.45) is 0 Å². The lowest BCUT2D eigenvalue weighted by atomic mass is 10.1. The molecule has 0 aliphatic heterocycles. The molecule has 20 heavy (non-hydrogen) atoms. The van der Waals surface area contributed by atoms with E-state index in [-0.39, 0.29) is 6.04 Å². The van der Waals surface area contributed by atoms with Crippen LogP contribution in [0.15, 0.2) is 23.6 Å². The molecule has 1 heterocycles. The van der Waals surface area contributed by atoms with E-state index in [9.17, 15) is 4.79 Å². The fraction of sp³-hybridized carbons (Fsp3) is 0.286. The van der Waals surface area contributed by atoms with Crippen molar-refractivity contribution < 1.29 is 9.53 Å². The highest BCUT2D eigenvalue weighted by Gasteiger charge is 2.16. The summed E-state index contributed by atoms with van der Waals surface area (Å²) in [7, 11) is 1.35. The highest BCUT2D eigenvalue weighted by Crippen LogP contribution is 2.26. The second-order valence-corrected chi connectivity index (χ2v) is 5.38. The van der Waals surface area contributed by atoms with Crippen molar-refractivity contribution in [2.45, 2.75) is 19.9 Å². The first-order valence-corrected chi connectivity index (χ1v) is 7.05. The van der Waals surface area contributed by atoms with Crippen molar-refractivity contribution in [2.75, 3.05) is 18.2 Å². The third kappa shape index (κ3) is 3.08. The number of benzene rings is 1. The summed E-state index contributed by atoms with van der Waals surface area (Å²) in [6.45, 7) is 3.95. The molecule has 0 spiro atoms. The molecule has 0 amide bonds. The number of rotatable bonds is 4. The first-order valence-electron chi connectivity index (χ1n) is 6.17. The van der Waals surface area contributed by atoms with Crippen LogP contribution < -0.4 is 11.1 Å². The number of nitrogens with one attached hydrogen (secondary N) is 1. The molecule has 106 valence electrons. The van der Waals surface area contributed by atoms with Gasteiger partial charge in [-0.1, -0.05) is 0 Å². The van der Waals surface area contributed by atoms with E-state index in [1.807, 2.05) is 19.2 Å². The van der Waals surface area contributed by atoms with Gasteiger partial charge >= 0.3 is 5.97 Å². The SMILES string of the molecule is COC(=O)c1cc(N)ccc1NC(C)c1nc(C)cs1. The predicted molar refractivity (Wildman–Crippen MR) is 81.1 cm³/mol. The fourth-order valence-electron chi connectivity index (χ4n) is 1.83. The van der Waals surface area contributed by atoms with Gasteiger partial charge in [0.15, 0.2) is 0 Å². The Morgan fingerprint density at radius 1 is 1.50 bits per heavy atom. The minimum absolute atomic E-state index is 0.000676. The average molecular weight is 291 g/mol. The van der Waals surface area contributed by atoms with Gasteiger partial charge in [0.2, 0.25) is 0 Å². The number of nitrogens with zero attached hydrogens (tertiary/aromatic N) is 1. The van der Waals surface area contributed by atoms with E-state index in [1.54, 1.807) is 29.5 Å². The van der Waals surface area contributed by atoms with Crippen molar-refractivity contribution in [3.05, 3.63) is 39.8 Å². The van der Waals surface area contributed by atoms with Crippen LogP contribution in [0.2, 0.25) is 0 Å². The molecule has 0 radical (unpaired) electrons. The summed E-state index contributed by atoms with van der Waals surface area (Å²) in [6, 6.07) is 5.13. The number of thiazole rings is 1. The second kappa shape index (κ2) is 5.92. The van der Waals surface area contributed by atoms with Crippen LogP contribution in [0.4, 0.5) is 11.4 Å². The topological polar surface area (TPSA) is 77.2 Å². The normalized spacial score (nSPS) is 11.9. The Morgan fingerprint density at radius 2 is 2.25 bits per heavy atom. The van der Waals surface area contributed by atoms with E-state index in [0.29, 0.717) is 16.9 Å². The van der Waals surface area contributed by atoms with E-state index in [2.05, 4.69) is 10.3 Å². The van der Waals surface area contributed by atoms with Gasteiger partial charge in [0.1, 0.15) is 5.01 Å². The van der Waals surface area contributed by atoms with Gasteiger partial charge in [0.05, 0.1) is 18.7 Å². The molecule has 1 aromatic heterocycles. The van der Waals surface area contributed by atoms with Gasteiger partial charge < -0.3 is 15.8 Å². The van der Waals surface area contributed by atoms with E-state index in [4.69, 9.17) is 10.5 Å². The zero-order chi connectivity index (χ0) is 14.7. The first-order chi connectivity index (χ1) is 9.51. The van der Waals surface area contributed by atoms with Gasteiger partial charge in [-0.3, -0.25) is 0 Å². The summed E-state index contributed by atoms with van der Waals surface area (Å²) in [6.07, 6.45) is 0. The summed E-state index contributed by atoms with van der Waals surface area (Å²) >= 11 is 1.59. The third-order valence-corrected chi connectivity index (χ3v) is 3.97. The number of esters is 1. The molecule has 1 atom stereocenters. The number of aryl methyl sites for hydroxylation is 1. The lowest BCUT2D eigenvalue weighted by Crippen LogP contribution is -2.12. The molecule has 0 saturated carbocycles. The van der Waals surface area contributed by atoms with Gasteiger partial charge in [-0.05, 0) is 32.0 Å². The highest BCUT2D eigenvalue weighted by molar-refractivity contribution is 7.09. The molecule has 0 fully saturated rings. The lowest BCUT2D eigenvalue weighted by molar-refractivity contribution is 0.0602. The summed E-state index contributed by atoms with van der Waals surface area (Å²) in [5.41, 5.74) is 8.34. The zero-order valence-corrected chi connectivity index (χ0v) is 12.5. The summed E-state index contributed by atoms with van der Waals surface area (Å²) in [5, 5.41) is 6.24. The van der Waals surface area contributed by atoms with E-state index in [0.717, 1.165) is 10.7 Å². The molecule has 0 saturated heterocycles. The molecule has 0 bridgehead atoms. The Hall–Kier alpha value is -2.08. The predicted octanol–water partition coefficient (Wildman–Crippen LogP) is 2.99. The van der Waals surface area contributed by atoms with E-state index >= 15 is 0 Å². The number of nitrogens with two attached hydrogens (primary N) is 1. The summed E-state index contributed by atoms with van der Waals surface area (Å²) in [5.74, 6) is -0.415. The number of ether oxygens (including phenoxy) is 1. The van der Waals surface area contributed by atoms with Crippen molar-refractivity contribution >= 4 is 28.7 Å². The van der Waals surface area contributed by atoms with Crippen molar-refractivity contribution in [1.29, 1.82) is 0 Å². The quantitative estimate of drug-likeness (QED) is 0.669. The molecule has 1 aromatic carbocycles. The number of anilines is 2. The number of hydrogen-bond acceptors (Lipinski definition) is 6. The van der Waals surface area contributed by atoms with Crippen LogP contribution in [0, 0.1) is 6.92 Å². The molecular weight excluding hydrogens is 274 g/mol. The molecule has 2 aromatic rings. The number of hydrogen-bond donors (Lipinski definition) is 2. The minimum atomic E-state index is -0.415. The maximum absolute atomic E-state index is 11.8. The Kier molecular flexibility index (Phi) is 4.24. The zero-order valence-electron chi connectivity index (χ0n) is 11.6. The number of methoxy groups -OCH3 is 1. The van der Waals surface area contributed by atoms with Crippen LogP contribution >= 0.6 is 11.3 Å². The highest BCUT2D eigenvalue weighted by atomic mass is 32.1. The Balaban J connectivity index is 2.26.